The van der Waals surface area contributed by atoms with E-state index in [0.717, 1.165) is 16.8 Å². The van der Waals surface area contributed by atoms with Gasteiger partial charge in [0.2, 0.25) is 15.9 Å². The van der Waals surface area contributed by atoms with Crippen LogP contribution in [0.2, 0.25) is 0 Å². The zero-order chi connectivity index (χ0) is 23.6. The summed E-state index contributed by atoms with van der Waals surface area (Å²) >= 11 is 1.40. The summed E-state index contributed by atoms with van der Waals surface area (Å²) < 4.78 is 27.2. The Morgan fingerprint density at radius 1 is 1.06 bits per heavy atom. The fourth-order valence-electron chi connectivity index (χ4n) is 3.93. The summed E-state index contributed by atoms with van der Waals surface area (Å²) in [5.41, 5.74) is 4.15. The molecule has 1 N–H and O–H groups in total. The summed E-state index contributed by atoms with van der Waals surface area (Å²) in [7, 11) is -3.53. The first kappa shape index (κ1) is 23.6. The molecule has 1 aliphatic heterocycles. The van der Waals surface area contributed by atoms with Gasteiger partial charge in [0, 0.05) is 30.0 Å². The molecule has 2 heterocycles. The van der Waals surface area contributed by atoms with Gasteiger partial charge in [0.25, 0.3) is 0 Å². The summed E-state index contributed by atoms with van der Waals surface area (Å²) in [5, 5.41) is 5.43. The minimum absolute atomic E-state index is 0.0987. The molecule has 0 aliphatic carbocycles. The molecule has 174 valence electrons. The lowest BCUT2D eigenvalue weighted by atomic mass is 9.97. The zero-order valence-electron chi connectivity index (χ0n) is 19.1. The Balaban J connectivity index is 1.34. The topological polar surface area (TPSA) is 79.4 Å². The number of nitrogens with zero attached hydrogens (tertiary/aromatic N) is 2. The van der Waals surface area contributed by atoms with Gasteiger partial charge in [0.1, 0.15) is 0 Å². The molecule has 6 nitrogen and oxygen atoms in total. The van der Waals surface area contributed by atoms with Crippen molar-refractivity contribution in [3.63, 3.8) is 0 Å². The van der Waals surface area contributed by atoms with Crippen LogP contribution in [0.25, 0.3) is 11.3 Å². The molecule has 0 atom stereocenters. The minimum Gasteiger partial charge on any atom is -0.302 e. The van der Waals surface area contributed by atoms with E-state index in [1.807, 2.05) is 12.3 Å². The van der Waals surface area contributed by atoms with Gasteiger partial charge >= 0.3 is 0 Å². The second-order valence-electron chi connectivity index (χ2n) is 8.80. The second-order valence-corrected chi connectivity index (χ2v) is 11.6. The number of nitrogens with one attached hydrogen (secondary N) is 1. The van der Waals surface area contributed by atoms with Crippen molar-refractivity contribution in [1.29, 1.82) is 0 Å². The largest absolute Gasteiger partial charge is 0.302 e. The van der Waals surface area contributed by atoms with Crippen LogP contribution in [0.3, 0.4) is 0 Å². The third kappa shape index (κ3) is 5.34. The molecule has 1 amide bonds. The summed E-state index contributed by atoms with van der Waals surface area (Å²) in [6, 6.07) is 15.2. The Morgan fingerprint density at radius 3 is 2.30 bits per heavy atom. The number of benzene rings is 2. The highest BCUT2D eigenvalue weighted by Crippen LogP contribution is 2.29. The van der Waals surface area contributed by atoms with Crippen LogP contribution in [-0.2, 0) is 14.8 Å². The number of sulfonamides is 1. The van der Waals surface area contributed by atoms with Gasteiger partial charge in [-0.2, -0.15) is 4.31 Å². The van der Waals surface area contributed by atoms with E-state index in [4.69, 9.17) is 0 Å². The van der Waals surface area contributed by atoms with Crippen LogP contribution in [0.4, 0.5) is 5.13 Å². The van der Waals surface area contributed by atoms with Gasteiger partial charge in [-0.05, 0) is 43.4 Å². The van der Waals surface area contributed by atoms with Crippen molar-refractivity contribution < 1.29 is 13.2 Å². The predicted molar refractivity (Wildman–Crippen MR) is 133 cm³/mol. The maximum absolute atomic E-state index is 12.9. The van der Waals surface area contributed by atoms with Gasteiger partial charge in [0.15, 0.2) is 5.13 Å². The van der Waals surface area contributed by atoms with Crippen molar-refractivity contribution in [2.45, 2.75) is 44.4 Å². The van der Waals surface area contributed by atoms with E-state index >= 15 is 0 Å². The van der Waals surface area contributed by atoms with Crippen molar-refractivity contribution in [3.05, 3.63) is 65.0 Å². The van der Waals surface area contributed by atoms with Crippen LogP contribution in [0.15, 0.2) is 58.8 Å². The van der Waals surface area contributed by atoms with E-state index in [1.165, 1.54) is 21.2 Å². The quantitative estimate of drug-likeness (QED) is 0.517. The van der Waals surface area contributed by atoms with Crippen molar-refractivity contribution >= 4 is 32.4 Å². The Kier molecular flexibility index (Phi) is 6.97. The molecular weight excluding hydrogens is 454 g/mol. The summed E-state index contributed by atoms with van der Waals surface area (Å²) in [4.78, 5) is 17.7. The molecule has 0 radical (unpaired) electrons. The number of aryl methyl sites for hydroxylation is 1. The van der Waals surface area contributed by atoms with E-state index in [9.17, 15) is 13.2 Å². The summed E-state index contributed by atoms with van der Waals surface area (Å²) in [6.07, 6.45) is 0.984. The van der Waals surface area contributed by atoms with Crippen LogP contribution in [0, 0.1) is 12.8 Å². The number of hydrogen-bond donors (Lipinski definition) is 1. The second kappa shape index (κ2) is 9.75. The molecule has 0 bridgehead atoms. The van der Waals surface area contributed by atoms with E-state index in [-0.39, 0.29) is 11.8 Å². The highest BCUT2D eigenvalue weighted by molar-refractivity contribution is 7.89. The van der Waals surface area contributed by atoms with Gasteiger partial charge in [-0.3, -0.25) is 4.79 Å². The zero-order valence-corrected chi connectivity index (χ0v) is 20.7. The first-order chi connectivity index (χ1) is 15.7. The molecular formula is C25H29N3O3S2. The molecule has 0 unspecified atom stereocenters. The molecule has 3 aromatic rings. The Labute approximate surface area is 199 Å². The van der Waals surface area contributed by atoms with Gasteiger partial charge in [-0.25, -0.2) is 13.4 Å². The molecule has 1 fully saturated rings. The highest BCUT2D eigenvalue weighted by Gasteiger charge is 2.32. The van der Waals surface area contributed by atoms with Crippen molar-refractivity contribution in [2.75, 3.05) is 18.4 Å². The van der Waals surface area contributed by atoms with Crippen LogP contribution < -0.4 is 5.32 Å². The van der Waals surface area contributed by atoms with E-state index < -0.39 is 10.0 Å². The third-order valence-corrected chi connectivity index (χ3v) is 8.76. The molecule has 0 saturated carbocycles. The van der Waals surface area contributed by atoms with Crippen LogP contribution in [-0.4, -0.2) is 36.7 Å². The standard InChI is InChI=1S/C25H29N3O3S2/c1-17(2)19-6-8-20(9-7-19)23-16-32-25(26-23)27-24(29)21-12-14-28(15-13-21)33(30,31)22-10-4-18(3)5-11-22/h4-11,16-17,21H,12-15H2,1-3H3,(H,26,27,29). The predicted octanol–water partition coefficient (Wildman–Crippen LogP) is 5.28. The summed E-state index contributed by atoms with van der Waals surface area (Å²) in [5.74, 6) is 0.146. The lowest BCUT2D eigenvalue weighted by molar-refractivity contribution is -0.120. The van der Waals surface area contributed by atoms with Crippen LogP contribution in [0.1, 0.15) is 43.7 Å². The Hall–Kier alpha value is -2.55. The number of amides is 1. The first-order valence-electron chi connectivity index (χ1n) is 11.2. The number of piperidine rings is 1. The Bertz CT molecular complexity index is 1210. The number of rotatable bonds is 6. The van der Waals surface area contributed by atoms with Crippen molar-refractivity contribution in [1.82, 2.24) is 9.29 Å². The Morgan fingerprint density at radius 2 is 1.70 bits per heavy atom. The highest BCUT2D eigenvalue weighted by atomic mass is 32.2. The van der Waals surface area contributed by atoms with E-state index in [1.54, 1.807) is 24.3 Å². The molecule has 4 rings (SSSR count). The molecule has 8 heteroatoms. The van der Waals surface area contributed by atoms with E-state index in [0.29, 0.717) is 41.9 Å². The number of carbonyl (C=O) groups is 1. The van der Waals surface area contributed by atoms with E-state index in [2.05, 4.69) is 48.4 Å². The fraction of sp³-hybridized carbons (Fsp3) is 0.360. The van der Waals surface area contributed by atoms with Crippen molar-refractivity contribution in [2.24, 2.45) is 5.92 Å². The average molecular weight is 484 g/mol. The van der Waals surface area contributed by atoms with Crippen LogP contribution >= 0.6 is 11.3 Å². The summed E-state index contributed by atoms with van der Waals surface area (Å²) in [6.45, 7) is 6.91. The van der Waals surface area contributed by atoms with Gasteiger partial charge in [-0.15, -0.1) is 11.3 Å². The normalized spacial score (nSPS) is 15.6. The molecule has 0 spiro atoms. The number of hydrogen-bond acceptors (Lipinski definition) is 5. The molecule has 33 heavy (non-hydrogen) atoms. The van der Waals surface area contributed by atoms with Crippen molar-refractivity contribution in [3.8, 4) is 11.3 Å². The monoisotopic (exact) mass is 483 g/mol. The van der Waals surface area contributed by atoms with Gasteiger partial charge < -0.3 is 5.32 Å². The lowest BCUT2D eigenvalue weighted by Crippen LogP contribution is -2.41. The molecule has 2 aromatic carbocycles. The fourth-order valence-corrected chi connectivity index (χ4v) is 6.12. The number of carbonyl (C=O) groups excluding carboxylic acids is 1. The number of thiazole rings is 1. The SMILES string of the molecule is Cc1ccc(S(=O)(=O)N2CCC(C(=O)Nc3nc(-c4ccc(C(C)C)cc4)cs3)CC2)cc1. The van der Waals surface area contributed by atoms with Gasteiger partial charge in [-0.1, -0.05) is 55.8 Å². The lowest BCUT2D eigenvalue weighted by Gasteiger charge is -2.30. The first-order valence-corrected chi connectivity index (χ1v) is 13.5. The molecule has 1 aliphatic rings. The van der Waals surface area contributed by atoms with Crippen LogP contribution in [0.5, 0.6) is 0 Å². The minimum atomic E-state index is -3.53. The smallest absolute Gasteiger partial charge is 0.243 e. The molecule has 1 aromatic heterocycles. The number of aromatic nitrogens is 1. The average Bonchev–Trinajstić information content (AvgIpc) is 3.28. The molecule has 1 saturated heterocycles. The van der Waals surface area contributed by atoms with Gasteiger partial charge in [0.05, 0.1) is 10.6 Å². The maximum Gasteiger partial charge on any atom is 0.243 e. The maximum atomic E-state index is 12.9. The number of anilines is 1. The third-order valence-electron chi connectivity index (χ3n) is 6.09.